The lowest BCUT2D eigenvalue weighted by Crippen LogP contribution is -2.16. The van der Waals surface area contributed by atoms with Gasteiger partial charge in [-0.15, -0.1) is 5.10 Å². The van der Waals surface area contributed by atoms with Gasteiger partial charge in [-0.25, -0.2) is 4.68 Å². The molecule has 0 radical (unpaired) electrons. The number of para-hydroxylation sites is 1. The molecule has 1 heterocycles. The van der Waals surface area contributed by atoms with E-state index in [1.807, 2.05) is 35.0 Å². The van der Waals surface area contributed by atoms with Gasteiger partial charge in [0, 0.05) is 6.04 Å². The van der Waals surface area contributed by atoms with E-state index in [-0.39, 0.29) is 6.04 Å². The van der Waals surface area contributed by atoms with Crippen LogP contribution in [0.5, 0.6) is 0 Å². The Kier molecular flexibility index (Phi) is 4.11. The minimum absolute atomic E-state index is 0.0193. The van der Waals surface area contributed by atoms with E-state index < -0.39 is 0 Å². The maximum absolute atomic E-state index is 6.35. The highest BCUT2D eigenvalue weighted by Gasteiger charge is 2.19. The van der Waals surface area contributed by atoms with E-state index in [2.05, 4.69) is 10.3 Å². The molecule has 20 heavy (non-hydrogen) atoms. The maximum atomic E-state index is 6.35. The predicted molar refractivity (Wildman–Crippen MR) is 79.5 cm³/mol. The van der Waals surface area contributed by atoms with E-state index >= 15 is 0 Å². The number of nitrogens with zero attached hydrogens (tertiary/aromatic N) is 3. The molecule has 0 spiro atoms. The summed E-state index contributed by atoms with van der Waals surface area (Å²) < 4.78 is 1.86. The minimum atomic E-state index is 0.0193. The number of aromatic nitrogens is 3. The zero-order chi connectivity index (χ0) is 13.8. The summed E-state index contributed by atoms with van der Waals surface area (Å²) in [5.41, 5.74) is 8.39. The van der Waals surface area contributed by atoms with Crippen LogP contribution in [0, 0.1) is 5.92 Å². The molecule has 1 aromatic heterocycles. The van der Waals surface area contributed by atoms with E-state index in [0.29, 0.717) is 0 Å². The number of rotatable bonds is 5. The maximum Gasteiger partial charge on any atom is 0.0812 e. The first-order chi connectivity index (χ1) is 9.84. The molecule has 106 valence electrons. The van der Waals surface area contributed by atoms with Gasteiger partial charge < -0.3 is 5.73 Å². The van der Waals surface area contributed by atoms with Crippen LogP contribution in [0.4, 0.5) is 0 Å². The van der Waals surface area contributed by atoms with Crippen LogP contribution < -0.4 is 5.73 Å². The van der Waals surface area contributed by atoms with Crippen LogP contribution in [0.15, 0.2) is 36.5 Å². The summed E-state index contributed by atoms with van der Waals surface area (Å²) in [5, 5.41) is 8.21. The molecular weight excluding hydrogens is 248 g/mol. The second-order valence-electron chi connectivity index (χ2n) is 5.74. The van der Waals surface area contributed by atoms with E-state index in [1.54, 1.807) is 6.20 Å². The van der Waals surface area contributed by atoms with Crippen molar-refractivity contribution in [3.8, 4) is 5.69 Å². The van der Waals surface area contributed by atoms with Gasteiger partial charge >= 0.3 is 0 Å². The molecule has 4 heteroatoms. The van der Waals surface area contributed by atoms with Gasteiger partial charge in [0.25, 0.3) is 0 Å². The highest BCUT2D eigenvalue weighted by atomic mass is 15.4. The van der Waals surface area contributed by atoms with Crippen LogP contribution in [0.1, 0.15) is 50.3 Å². The van der Waals surface area contributed by atoms with E-state index in [9.17, 15) is 0 Å². The standard InChI is InChI=1S/C16H22N4/c17-15(11-10-13-6-4-5-7-13)16-12-18-19-20(16)14-8-2-1-3-9-14/h1-3,8-9,12-13,15H,4-7,10-11,17H2. The van der Waals surface area contributed by atoms with Crippen LogP contribution in [-0.4, -0.2) is 15.0 Å². The van der Waals surface area contributed by atoms with Gasteiger partial charge in [-0.1, -0.05) is 49.1 Å². The molecule has 1 saturated carbocycles. The summed E-state index contributed by atoms with van der Waals surface area (Å²) in [6.45, 7) is 0. The van der Waals surface area contributed by atoms with Crippen molar-refractivity contribution in [2.75, 3.05) is 0 Å². The molecule has 1 aliphatic carbocycles. The summed E-state index contributed by atoms with van der Waals surface area (Å²) in [4.78, 5) is 0. The van der Waals surface area contributed by atoms with Gasteiger partial charge in [0.05, 0.1) is 17.6 Å². The van der Waals surface area contributed by atoms with E-state index in [1.165, 1.54) is 32.1 Å². The van der Waals surface area contributed by atoms with Gasteiger partial charge in [0.1, 0.15) is 0 Å². The highest BCUT2D eigenvalue weighted by Crippen LogP contribution is 2.30. The Morgan fingerprint density at radius 3 is 2.70 bits per heavy atom. The predicted octanol–water partition coefficient (Wildman–Crippen LogP) is 3.24. The van der Waals surface area contributed by atoms with Crippen LogP contribution >= 0.6 is 0 Å². The first-order valence-electron chi connectivity index (χ1n) is 7.56. The van der Waals surface area contributed by atoms with Crippen molar-refractivity contribution < 1.29 is 0 Å². The molecule has 0 bridgehead atoms. The fourth-order valence-corrected chi connectivity index (χ4v) is 3.13. The second-order valence-corrected chi connectivity index (χ2v) is 5.74. The molecule has 3 rings (SSSR count). The Labute approximate surface area is 120 Å². The summed E-state index contributed by atoms with van der Waals surface area (Å²) >= 11 is 0. The van der Waals surface area contributed by atoms with Crippen molar-refractivity contribution >= 4 is 0 Å². The van der Waals surface area contributed by atoms with E-state index in [4.69, 9.17) is 5.73 Å². The molecule has 4 nitrogen and oxygen atoms in total. The quantitative estimate of drug-likeness (QED) is 0.907. The first kappa shape index (κ1) is 13.3. The number of hydrogen-bond acceptors (Lipinski definition) is 3. The van der Waals surface area contributed by atoms with Crippen molar-refractivity contribution in [1.29, 1.82) is 0 Å². The van der Waals surface area contributed by atoms with Gasteiger partial charge in [-0.3, -0.25) is 0 Å². The summed E-state index contributed by atoms with van der Waals surface area (Å²) in [7, 11) is 0. The zero-order valence-corrected chi connectivity index (χ0v) is 11.8. The lowest BCUT2D eigenvalue weighted by molar-refractivity contribution is 0.447. The minimum Gasteiger partial charge on any atom is -0.323 e. The van der Waals surface area contributed by atoms with Crippen LogP contribution in [0.2, 0.25) is 0 Å². The van der Waals surface area contributed by atoms with Crippen molar-refractivity contribution in [2.45, 2.75) is 44.6 Å². The van der Waals surface area contributed by atoms with E-state index in [0.717, 1.165) is 23.7 Å². The molecule has 1 atom stereocenters. The monoisotopic (exact) mass is 270 g/mol. The molecule has 0 aliphatic heterocycles. The molecule has 1 aliphatic rings. The largest absolute Gasteiger partial charge is 0.323 e. The first-order valence-corrected chi connectivity index (χ1v) is 7.56. The number of hydrogen-bond donors (Lipinski definition) is 1. The second kappa shape index (κ2) is 6.18. The fraction of sp³-hybridized carbons (Fsp3) is 0.500. The normalized spacial score (nSPS) is 17.4. The SMILES string of the molecule is NC(CCC1CCCC1)c1cnnn1-c1ccccc1. The Hall–Kier alpha value is -1.68. The lowest BCUT2D eigenvalue weighted by Gasteiger charge is -2.15. The van der Waals surface area contributed by atoms with Crippen LogP contribution in [-0.2, 0) is 0 Å². The third-order valence-corrected chi connectivity index (χ3v) is 4.32. The third-order valence-electron chi connectivity index (χ3n) is 4.32. The average molecular weight is 270 g/mol. The Morgan fingerprint density at radius 2 is 1.95 bits per heavy atom. The van der Waals surface area contributed by atoms with Crippen molar-refractivity contribution in [3.05, 3.63) is 42.2 Å². The number of benzene rings is 1. The smallest absolute Gasteiger partial charge is 0.0812 e. The molecule has 0 amide bonds. The summed E-state index contributed by atoms with van der Waals surface area (Å²) in [5.74, 6) is 0.877. The van der Waals surface area contributed by atoms with Crippen LogP contribution in [0.25, 0.3) is 5.69 Å². The Balaban J connectivity index is 1.69. The zero-order valence-electron chi connectivity index (χ0n) is 11.8. The Bertz CT molecular complexity index is 528. The fourth-order valence-electron chi connectivity index (χ4n) is 3.13. The Morgan fingerprint density at radius 1 is 1.20 bits per heavy atom. The molecule has 0 saturated heterocycles. The average Bonchev–Trinajstić information content (AvgIpc) is 3.17. The van der Waals surface area contributed by atoms with Gasteiger partial charge in [0.2, 0.25) is 0 Å². The molecular formula is C16H22N4. The molecule has 1 fully saturated rings. The topological polar surface area (TPSA) is 56.7 Å². The lowest BCUT2D eigenvalue weighted by atomic mass is 9.98. The molecule has 2 aromatic rings. The van der Waals surface area contributed by atoms with Crippen molar-refractivity contribution in [1.82, 2.24) is 15.0 Å². The molecule has 1 aromatic carbocycles. The van der Waals surface area contributed by atoms with Crippen molar-refractivity contribution in [3.63, 3.8) is 0 Å². The van der Waals surface area contributed by atoms with Crippen LogP contribution in [0.3, 0.4) is 0 Å². The summed E-state index contributed by atoms with van der Waals surface area (Å²) in [6.07, 6.45) is 9.58. The van der Waals surface area contributed by atoms with Crippen molar-refractivity contribution in [2.24, 2.45) is 11.7 Å². The number of nitrogens with two attached hydrogens (primary N) is 1. The molecule has 1 unspecified atom stereocenters. The highest BCUT2D eigenvalue weighted by molar-refractivity contribution is 5.32. The molecule has 2 N–H and O–H groups in total. The summed E-state index contributed by atoms with van der Waals surface area (Å²) in [6, 6.07) is 10.1. The van der Waals surface area contributed by atoms with Gasteiger partial charge in [-0.05, 0) is 30.9 Å². The van der Waals surface area contributed by atoms with Gasteiger partial charge in [-0.2, -0.15) is 0 Å². The third kappa shape index (κ3) is 2.90. The van der Waals surface area contributed by atoms with Gasteiger partial charge in [0.15, 0.2) is 0 Å².